The van der Waals surface area contributed by atoms with Crippen LogP contribution in [-0.2, 0) is 0 Å². The van der Waals surface area contributed by atoms with Crippen LogP contribution in [0.3, 0.4) is 0 Å². The molecule has 0 saturated carbocycles. The highest BCUT2D eigenvalue weighted by Gasteiger charge is 2.11. The third-order valence-electron chi connectivity index (χ3n) is 3.14. The Morgan fingerprint density at radius 2 is 2.11 bits per heavy atom. The van der Waals surface area contributed by atoms with E-state index in [1.165, 1.54) is 0 Å². The summed E-state index contributed by atoms with van der Waals surface area (Å²) in [5.41, 5.74) is 7.68. The van der Waals surface area contributed by atoms with Crippen LogP contribution in [0.1, 0.15) is 25.8 Å². The van der Waals surface area contributed by atoms with E-state index in [2.05, 4.69) is 40.7 Å². The minimum absolute atomic E-state index is 0.202. The molecule has 0 radical (unpaired) electrons. The highest BCUT2D eigenvalue weighted by molar-refractivity contribution is 9.10. The molecule has 1 unspecified atom stereocenters. The zero-order chi connectivity index (χ0) is 13.7. The number of nitriles is 1. The predicted octanol–water partition coefficient (Wildman–Crippen LogP) is 3.13. The molecule has 0 aliphatic rings. The van der Waals surface area contributed by atoms with Gasteiger partial charge in [0.25, 0.3) is 0 Å². The Bertz CT molecular complexity index is 437. The Morgan fingerprint density at radius 1 is 1.44 bits per heavy atom. The fourth-order valence-corrected chi connectivity index (χ4v) is 2.09. The molecular formula is C14H20BrN3. The molecule has 0 saturated heterocycles. The summed E-state index contributed by atoms with van der Waals surface area (Å²) >= 11 is 3.38. The Morgan fingerprint density at radius 3 is 2.67 bits per heavy atom. The van der Waals surface area contributed by atoms with Gasteiger partial charge in [0.2, 0.25) is 0 Å². The summed E-state index contributed by atoms with van der Waals surface area (Å²) in [6, 6.07) is 8.18. The molecular weight excluding hydrogens is 290 g/mol. The lowest BCUT2D eigenvalue weighted by Gasteiger charge is -2.24. The highest BCUT2D eigenvalue weighted by Crippen LogP contribution is 2.23. The van der Waals surface area contributed by atoms with Crippen molar-refractivity contribution in [3.8, 4) is 6.07 Å². The summed E-state index contributed by atoms with van der Waals surface area (Å²) in [5, 5.41) is 9.14. The first-order chi connectivity index (χ1) is 8.45. The van der Waals surface area contributed by atoms with Crippen LogP contribution in [0.25, 0.3) is 0 Å². The molecule has 0 bridgehead atoms. The molecule has 0 aliphatic heterocycles. The molecule has 1 rings (SSSR count). The normalized spacial score (nSPS) is 12.3. The van der Waals surface area contributed by atoms with Gasteiger partial charge in [-0.15, -0.1) is 0 Å². The molecule has 2 N–H and O–H groups in total. The van der Waals surface area contributed by atoms with Gasteiger partial charge >= 0.3 is 0 Å². The zero-order valence-electron chi connectivity index (χ0n) is 11.2. The fourth-order valence-electron chi connectivity index (χ4n) is 1.73. The number of hydrogen-bond acceptors (Lipinski definition) is 3. The van der Waals surface area contributed by atoms with E-state index < -0.39 is 0 Å². The van der Waals surface area contributed by atoms with Crippen molar-refractivity contribution in [3.63, 3.8) is 0 Å². The van der Waals surface area contributed by atoms with Crippen LogP contribution < -0.4 is 10.6 Å². The first-order valence-corrected chi connectivity index (χ1v) is 6.91. The van der Waals surface area contributed by atoms with E-state index in [0.717, 1.165) is 23.1 Å². The second kappa shape index (κ2) is 6.77. The fraction of sp³-hybridized carbons (Fsp3) is 0.500. The van der Waals surface area contributed by atoms with Crippen molar-refractivity contribution in [2.45, 2.75) is 26.3 Å². The van der Waals surface area contributed by atoms with E-state index >= 15 is 0 Å². The minimum atomic E-state index is 0.202. The maximum absolute atomic E-state index is 9.14. The average Bonchev–Trinajstić information content (AvgIpc) is 2.34. The number of hydrogen-bond donors (Lipinski definition) is 1. The van der Waals surface area contributed by atoms with Crippen LogP contribution in [-0.4, -0.2) is 19.6 Å². The summed E-state index contributed by atoms with van der Waals surface area (Å²) in [4.78, 5) is 2.09. The standard InChI is InChI=1S/C14H20BrN3/c1-10(2)13(17)6-7-18(3)14-5-4-12(15)8-11(14)9-16/h4-5,8,10,13H,6-7,17H2,1-3H3. The van der Waals surface area contributed by atoms with Gasteiger partial charge in [0.1, 0.15) is 6.07 Å². The van der Waals surface area contributed by atoms with Gasteiger partial charge in [-0.2, -0.15) is 5.26 Å². The van der Waals surface area contributed by atoms with E-state index in [1.54, 1.807) is 0 Å². The first kappa shape index (κ1) is 15.0. The van der Waals surface area contributed by atoms with Crippen molar-refractivity contribution in [1.29, 1.82) is 5.26 Å². The molecule has 0 aliphatic carbocycles. The van der Waals surface area contributed by atoms with Gasteiger partial charge < -0.3 is 10.6 Å². The minimum Gasteiger partial charge on any atom is -0.373 e. The molecule has 0 spiro atoms. The first-order valence-electron chi connectivity index (χ1n) is 6.12. The lowest BCUT2D eigenvalue weighted by Crippen LogP contribution is -2.32. The number of benzene rings is 1. The van der Waals surface area contributed by atoms with Crippen LogP contribution in [0.4, 0.5) is 5.69 Å². The molecule has 0 amide bonds. The quantitative estimate of drug-likeness (QED) is 0.909. The van der Waals surface area contributed by atoms with Crippen molar-refractivity contribution in [2.24, 2.45) is 11.7 Å². The van der Waals surface area contributed by atoms with Crippen molar-refractivity contribution < 1.29 is 0 Å². The average molecular weight is 310 g/mol. The van der Waals surface area contributed by atoms with Gasteiger partial charge in [0.05, 0.1) is 11.3 Å². The van der Waals surface area contributed by atoms with Crippen molar-refractivity contribution in [3.05, 3.63) is 28.2 Å². The summed E-state index contributed by atoms with van der Waals surface area (Å²) < 4.78 is 0.926. The van der Waals surface area contributed by atoms with Gasteiger partial charge in [-0.25, -0.2) is 0 Å². The Labute approximate surface area is 118 Å². The summed E-state index contributed by atoms with van der Waals surface area (Å²) in [6.07, 6.45) is 0.926. The number of nitrogens with zero attached hydrogens (tertiary/aromatic N) is 2. The third kappa shape index (κ3) is 4.01. The van der Waals surface area contributed by atoms with Gasteiger partial charge in [-0.1, -0.05) is 29.8 Å². The lowest BCUT2D eigenvalue weighted by atomic mass is 10.0. The molecule has 98 valence electrons. The smallest absolute Gasteiger partial charge is 0.101 e. The summed E-state index contributed by atoms with van der Waals surface area (Å²) in [6.45, 7) is 5.12. The molecule has 3 nitrogen and oxygen atoms in total. The van der Waals surface area contributed by atoms with Crippen LogP contribution in [0, 0.1) is 17.2 Å². The number of rotatable bonds is 5. The SMILES string of the molecule is CC(C)C(N)CCN(C)c1ccc(Br)cc1C#N. The Kier molecular flexibility index (Phi) is 5.64. The van der Waals surface area contributed by atoms with Crippen molar-refractivity contribution >= 4 is 21.6 Å². The topological polar surface area (TPSA) is 53.0 Å². The Hall–Kier alpha value is -1.05. The number of halogens is 1. The molecule has 4 heteroatoms. The van der Waals surface area contributed by atoms with Crippen LogP contribution in [0.15, 0.2) is 22.7 Å². The van der Waals surface area contributed by atoms with Crippen molar-refractivity contribution in [2.75, 3.05) is 18.5 Å². The van der Waals surface area contributed by atoms with E-state index in [-0.39, 0.29) is 6.04 Å². The van der Waals surface area contributed by atoms with E-state index in [1.807, 2.05) is 25.2 Å². The molecule has 1 aromatic carbocycles. The maximum atomic E-state index is 9.14. The van der Waals surface area contributed by atoms with Crippen LogP contribution in [0.5, 0.6) is 0 Å². The predicted molar refractivity (Wildman–Crippen MR) is 79.6 cm³/mol. The van der Waals surface area contributed by atoms with Crippen molar-refractivity contribution in [1.82, 2.24) is 0 Å². The summed E-state index contributed by atoms with van der Waals surface area (Å²) in [5.74, 6) is 0.485. The lowest BCUT2D eigenvalue weighted by molar-refractivity contribution is 0.466. The molecule has 1 aromatic rings. The largest absolute Gasteiger partial charge is 0.373 e. The van der Waals surface area contributed by atoms with Crippen LogP contribution in [0.2, 0.25) is 0 Å². The Balaban J connectivity index is 2.73. The third-order valence-corrected chi connectivity index (χ3v) is 3.64. The number of anilines is 1. The monoisotopic (exact) mass is 309 g/mol. The molecule has 0 aromatic heterocycles. The van der Waals surface area contributed by atoms with Gasteiger partial charge in [0, 0.05) is 24.1 Å². The van der Waals surface area contributed by atoms with Gasteiger partial charge in [-0.3, -0.25) is 0 Å². The highest BCUT2D eigenvalue weighted by atomic mass is 79.9. The number of nitrogens with two attached hydrogens (primary N) is 1. The van der Waals surface area contributed by atoms with Gasteiger partial charge in [-0.05, 0) is 30.5 Å². The maximum Gasteiger partial charge on any atom is 0.101 e. The van der Waals surface area contributed by atoms with E-state index in [0.29, 0.717) is 11.5 Å². The second-order valence-corrected chi connectivity index (χ2v) is 5.81. The zero-order valence-corrected chi connectivity index (χ0v) is 12.7. The van der Waals surface area contributed by atoms with E-state index in [9.17, 15) is 0 Å². The molecule has 18 heavy (non-hydrogen) atoms. The summed E-state index contributed by atoms with van der Waals surface area (Å²) in [7, 11) is 2.00. The molecule has 1 atom stereocenters. The molecule has 0 fully saturated rings. The van der Waals surface area contributed by atoms with Gasteiger partial charge in [0.15, 0.2) is 0 Å². The molecule has 0 heterocycles. The second-order valence-electron chi connectivity index (χ2n) is 4.89. The van der Waals surface area contributed by atoms with Crippen LogP contribution >= 0.6 is 15.9 Å². The van der Waals surface area contributed by atoms with E-state index in [4.69, 9.17) is 11.0 Å².